The minimum absolute atomic E-state index is 0.118. The van der Waals surface area contributed by atoms with Crippen molar-refractivity contribution < 1.29 is 0 Å². The molecule has 0 saturated carbocycles. The zero-order chi connectivity index (χ0) is 23.6. The summed E-state index contributed by atoms with van der Waals surface area (Å²) in [5.74, 6) is 0.310. The third-order valence-electron chi connectivity index (χ3n) is 5.63. The number of benzene rings is 2. The van der Waals surface area contributed by atoms with Gasteiger partial charge in [0.2, 0.25) is 0 Å². The molecule has 0 spiro atoms. The molecular weight excluding hydrogens is 386 g/mol. The fourth-order valence-corrected chi connectivity index (χ4v) is 3.72. The topological polar surface area (TPSA) is 12.0 Å². The van der Waals surface area contributed by atoms with Crippen LogP contribution in [0.25, 0.3) is 5.57 Å². The Hall–Kier alpha value is -2.80. The van der Waals surface area contributed by atoms with E-state index in [9.17, 15) is 0 Å². The van der Waals surface area contributed by atoms with Gasteiger partial charge in [0.1, 0.15) is 0 Å². The molecule has 0 heterocycles. The summed E-state index contributed by atoms with van der Waals surface area (Å²) in [6.45, 7) is 15.4. The lowest BCUT2D eigenvalue weighted by molar-refractivity contribution is 0.589. The highest BCUT2D eigenvalue weighted by Crippen LogP contribution is 2.34. The van der Waals surface area contributed by atoms with Gasteiger partial charge in [-0.1, -0.05) is 108 Å². The average molecular weight is 428 g/mol. The summed E-state index contributed by atoms with van der Waals surface area (Å²) in [6, 6.07) is 15.7. The Morgan fingerprint density at radius 2 is 1.72 bits per heavy atom. The van der Waals surface area contributed by atoms with Crippen LogP contribution in [0.4, 0.5) is 11.4 Å². The summed E-state index contributed by atoms with van der Waals surface area (Å²) < 4.78 is 0. The zero-order valence-corrected chi connectivity index (χ0v) is 21.1. The normalized spacial score (nSPS) is 14.0. The minimum Gasteiger partial charge on any atom is -0.355 e. The van der Waals surface area contributed by atoms with Crippen LogP contribution in [0.15, 0.2) is 85.0 Å². The minimum atomic E-state index is 0.118. The lowest BCUT2D eigenvalue weighted by atomic mass is 9.84. The molecule has 1 nitrogen and oxygen atoms in total. The van der Waals surface area contributed by atoms with E-state index in [-0.39, 0.29) is 5.41 Å². The number of hydrogen-bond donors (Lipinski definition) is 1. The first-order chi connectivity index (χ1) is 15.3. The number of anilines is 2. The lowest BCUT2D eigenvalue weighted by Crippen LogP contribution is -2.12. The van der Waals surface area contributed by atoms with E-state index < -0.39 is 0 Å². The van der Waals surface area contributed by atoms with Crippen molar-refractivity contribution in [1.82, 2.24) is 0 Å². The number of rotatable bonds is 9. The first kappa shape index (κ1) is 25.5. The van der Waals surface area contributed by atoms with Crippen LogP contribution in [-0.4, -0.2) is 0 Å². The van der Waals surface area contributed by atoms with Gasteiger partial charge in [-0.3, -0.25) is 0 Å². The highest BCUT2D eigenvalue weighted by Gasteiger charge is 2.17. The molecular formula is C31H41N. The Morgan fingerprint density at radius 1 is 0.969 bits per heavy atom. The SMILES string of the molecule is C/C=C\C=C/C(C)c1cc(C(C)(C)C)ccc1Nc1cccc(/C(=C\C=C/C)CCC)c1. The van der Waals surface area contributed by atoms with Crippen LogP contribution < -0.4 is 5.32 Å². The molecule has 2 rings (SSSR count). The van der Waals surface area contributed by atoms with E-state index in [2.05, 4.69) is 132 Å². The molecule has 0 aliphatic heterocycles. The number of hydrogen-bond acceptors (Lipinski definition) is 1. The average Bonchev–Trinajstić information content (AvgIpc) is 2.76. The molecule has 2 aromatic carbocycles. The molecule has 0 fully saturated rings. The van der Waals surface area contributed by atoms with Crippen molar-refractivity contribution in [2.75, 3.05) is 5.32 Å². The fraction of sp³-hybridized carbons (Fsp3) is 0.355. The maximum absolute atomic E-state index is 3.72. The molecule has 170 valence electrons. The molecule has 1 atom stereocenters. The highest BCUT2D eigenvalue weighted by molar-refractivity contribution is 5.73. The smallest absolute Gasteiger partial charge is 0.0422 e. The van der Waals surface area contributed by atoms with E-state index >= 15 is 0 Å². The van der Waals surface area contributed by atoms with Crippen molar-refractivity contribution in [3.63, 3.8) is 0 Å². The van der Waals surface area contributed by atoms with Gasteiger partial charge in [-0.15, -0.1) is 0 Å². The molecule has 0 amide bonds. The Labute approximate surface area is 196 Å². The molecule has 0 aliphatic carbocycles. The van der Waals surface area contributed by atoms with E-state index in [0.29, 0.717) is 5.92 Å². The number of nitrogens with one attached hydrogen (secondary N) is 1. The number of allylic oxidation sites excluding steroid dienone is 8. The second kappa shape index (κ2) is 12.3. The van der Waals surface area contributed by atoms with Gasteiger partial charge in [0.15, 0.2) is 0 Å². The Balaban J connectivity index is 2.45. The third-order valence-corrected chi connectivity index (χ3v) is 5.63. The van der Waals surface area contributed by atoms with E-state index in [0.717, 1.165) is 18.5 Å². The first-order valence-electron chi connectivity index (χ1n) is 11.9. The lowest BCUT2D eigenvalue weighted by Gasteiger charge is -2.23. The second-order valence-electron chi connectivity index (χ2n) is 9.42. The van der Waals surface area contributed by atoms with Crippen molar-refractivity contribution in [2.45, 2.75) is 72.6 Å². The molecule has 0 bridgehead atoms. The Kier molecular flexibility index (Phi) is 9.78. The highest BCUT2D eigenvalue weighted by atomic mass is 14.9. The maximum atomic E-state index is 3.72. The Morgan fingerprint density at radius 3 is 2.38 bits per heavy atom. The largest absolute Gasteiger partial charge is 0.355 e. The predicted molar refractivity (Wildman–Crippen MR) is 145 cm³/mol. The van der Waals surface area contributed by atoms with Gasteiger partial charge in [-0.2, -0.15) is 0 Å². The molecule has 0 aromatic heterocycles. The summed E-state index contributed by atoms with van der Waals surface area (Å²) in [5, 5.41) is 3.72. The van der Waals surface area contributed by atoms with Crippen LogP contribution in [0.1, 0.15) is 83.9 Å². The zero-order valence-electron chi connectivity index (χ0n) is 21.1. The van der Waals surface area contributed by atoms with Gasteiger partial charge in [0, 0.05) is 17.3 Å². The van der Waals surface area contributed by atoms with Gasteiger partial charge >= 0.3 is 0 Å². The van der Waals surface area contributed by atoms with E-state index in [1.807, 2.05) is 6.92 Å². The first-order valence-corrected chi connectivity index (χ1v) is 11.9. The summed E-state index contributed by atoms with van der Waals surface area (Å²) in [4.78, 5) is 0. The van der Waals surface area contributed by atoms with Crippen LogP contribution in [-0.2, 0) is 5.41 Å². The molecule has 0 aliphatic rings. The summed E-state index contributed by atoms with van der Waals surface area (Å²) in [5.41, 5.74) is 7.75. The van der Waals surface area contributed by atoms with Crippen LogP contribution in [0.2, 0.25) is 0 Å². The monoisotopic (exact) mass is 427 g/mol. The standard InChI is InChI=1S/C31H41N/c1-8-11-13-16-24(4)29-23-27(31(5,6)7)20-21-30(29)32-28-19-14-18-26(22-28)25(15-10-3)17-12-9-2/h8-9,11-14,16-24,32H,10,15H2,1-7H3/b11-8-,12-9-,16-13-,25-17-. The van der Waals surface area contributed by atoms with Gasteiger partial charge in [0.05, 0.1) is 0 Å². The Bertz CT molecular complexity index is 980. The van der Waals surface area contributed by atoms with Gasteiger partial charge < -0.3 is 5.32 Å². The van der Waals surface area contributed by atoms with Crippen molar-refractivity contribution in [3.8, 4) is 0 Å². The van der Waals surface area contributed by atoms with E-state index in [1.165, 1.54) is 28.0 Å². The van der Waals surface area contributed by atoms with Crippen LogP contribution in [0.5, 0.6) is 0 Å². The van der Waals surface area contributed by atoms with Crippen molar-refractivity contribution in [2.24, 2.45) is 0 Å². The molecule has 1 heteroatoms. The molecule has 32 heavy (non-hydrogen) atoms. The predicted octanol–water partition coefficient (Wildman–Crippen LogP) is 9.72. The second-order valence-corrected chi connectivity index (χ2v) is 9.42. The van der Waals surface area contributed by atoms with Gasteiger partial charge in [-0.05, 0) is 66.1 Å². The maximum Gasteiger partial charge on any atom is 0.0422 e. The third kappa shape index (κ3) is 7.41. The molecule has 1 unspecified atom stereocenters. The van der Waals surface area contributed by atoms with Gasteiger partial charge in [0.25, 0.3) is 0 Å². The van der Waals surface area contributed by atoms with Crippen LogP contribution in [0.3, 0.4) is 0 Å². The van der Waals surface area contributed by atoms with Crippen molar-refractivity contribution >= 4 is 16.9 Å². The molecule has 1 N–H and O–H groups in total. The summed E-state index contributed by atoms with van der Waals surface area (Å²) in [7, 11) is 0. The molecule has 0 saturated heterocycles. The van der Waals surface area contributed by atoms with Crippen molar-refractivity contribution in [3.05, 3.63) is 102 Å². The van der Waals surface area contributed by atoms with Gasteiger partial charge in [-0.25, -0.2) is 0 Å². The molecule has 0 radical (unpaired) electrons. The van der Waals surface area contributed by atoms with Crippen molar-refractivity contribution in [1.29, 1.82) is 0 Å². The summed E-state index contributed by atoms with van der Waals surface area (Å²) >= 11 is 0. The summed E-state index contributed by atoms with van der Waals surface area (Å²) in [6.07, 6.45) is 17.2. The van der Waals surface area contributed by atoms with E-state index in [4.69, 9.17) is 0 Å². The van der Waals surface area contributed by atoms with Crippen LogP contribution in [0, 0.1) is 0 Å². The quantitative estimate of drug-likeness (QED) is 0.393. The van der Waals surface area contributed by atoms with E-state index in [1.54, 1.807) is 0 Å². The molecule has 2 aromatic rings. The van der Waals surface area contributed by atoms with Crippen LogP contribution >= 0.6 is 0 Å². The fourth-order valence-electron chi connectivity index (χ4n) is 3.72.